The van der Waals surface area contributed by atoms with E-state index >= 15 is 0 Å². The number of H-pyrrole nitrogens is 2. The summed E-state index contributed by atoms with van der Waals surface area (Å²) < 4.78 is 0. The lowest BCUT2D eigenvalue weighted by Crippen LogP contribution is -1.90. The van der Waals surface area contributed by atoms with E-state index in [2.05, 4.69) is 44.2 Å². The van der Waals surface area contributed by atoms with Crippen molar-refractivity contribution in [2.45, 2.75) is 6.92 Å². The van der Waals surface area contributed by atoms with E-state index in [-0.39, 0.29) is 6.61 Å². The summed E-state index contributed by atoms with van der Waals surface area (Å²) in [7, 11) is 0. The van der Waals surface area contributed by atoms with Crippen molar-refractivity contribution in [1.29, 1.82) is 0 Å². The minimum Gasteiger partial charge on any atom is -0.392 e. The number of imidazole rings is 1. The van der Waals surface area contributed by atoms with Gasteiger partial charge in [-0.15, -0.1) is 0 Å². The lowest BCUT2D eigenvalue weighted by atomic mass is 9.97. The normalized spacial score (nSPS) is 11.8. The molecule has 0 aliphatic carbocycles. The molecule has 0 aliphatic rings. The van der Waals surface area contributed by atoms with Crippen LogP contribution in [0.1, 0.15) is 11.1 Å². The molecule has 0 saturated heterocycles. The maximum absolute atomic E-state index is 9.06. The molecule has 0 atom stereocenters. The monoisotopic (exact) mass is 381 g/mol. The Balaban J connectivity index is 1.65. The van der Waals surface area contributed by atoms with Crippen LogP contribution in [0.2, 0.25) is 0 Å². The molecule has 0 spiro atoms. The van der Waals surface area contributed by atoms with Gasteiger partial charge < -0.3 is 10.1 Å². The number of aromatic amines is 2. The van der Waals surface area contributed by atoms with Gasteiger partial charge in [0, 0.05) is 23.3 Å². The zero-order valence-corrected chi connectivity index (χ0v) is 15.8. The van der Waals surface area contributed by atoms with Crippen LogP contribution in [0.3, 0.4) is 0 Å². The Hall–Kier alpha value is -3.77. The first-order valence-electron chi connectivity index (χ1n) is 9.40. The van der Waals surface area contributed by atoms with Crippen molar-refractivity contribution in [2.75, 3.05) is 6.61 Å². The van der Waals surface area contributed by atoms with Crippen LogP contribution in [0.5, 0.6) is 0 Å². The smallest absolute Gasteiger partial charge is 0.159 e. The molecule has 0 radical (unpaired) electrons. The molecule has 0 saturated carbocycles. The van der Waals surface area contributed by atoms with E-state index in [0.717, 1.165) is 55.7 Å². The van der Waals surface area contributed by atoms with Gasteiger partial charge in [0.15, 0.2) is 5.82 Å². The summed E-state index contributed by atoms with van der Waals surface area (Å²) >= 11 is 0. The molecular formula is C23H19N5O. The van der Waals surface area contributed by atoms with Crippen molar-refractivity contribution in [3.8, 4) is 22.6 Å². The molecule has 5 aromatic rings. The first-order chi connectivity index (χ1) is 14.2. The number of hydrogen-bond donors (Lipinski definition) is 3. The molecule has 6 nitrogen and oxygen atoms in total. The van der Waals surface area contributed by atoms with E-state index in [1.54, 1.807) is 12.3 Å². The summed E-state index contributed by atoms with van der Waals surface area (Å²) in [5.41, 5.74) is 7.84. The minimum absolute atomic E-state index is 0.00546. The summed E-state index contributed by atoms with van der Waals surface area (Å²) in [6.45, 7) is 2.07. The third kappa shape index (κ3) is 2.99. The minimum atomic E-state index is 0.00546. The van der Waals surface area contributed by atoms with E-state index < -0.39 is 0 Å². The predicted octanol–water partition coefficient (Wildman–Crippen LogP) is 4.48. The number of nitrogens with one attached hydrogen (secondary N) is 2. The van der Waals surface area contributed by atoms with Crippen molar-refractivity contribution in [1.82, 2.24) is 25.1 Å². The third-order valence-corrected chi connectivity index (χ3v) is 5.14. The van der Waals surface area contributed by atoms with Gasteiger partial charge in [0.05, 0.1) is 23.2 Å². The Labute approximate surface area is 167 Å². The lowest BCUT2D eigenvalue weighted by molar-refractivity contribution is 0.343. The second-order valence-electron chi connectivity index (χ2n) is 6.92. The molecule has 0 aliphatic heterocycles. The number of benzene rings is 2. The summed E-state index contributed by atoms with van der Waals surface area (Å²) in [4.78, 5) is 12.4. The predicted molar refractivity (Wildman–Crippen MR) is 115 cm³/mol. The van der Waals surface area contributed by atoms with Crippen molar-refractivity contribution in [3.63, 3.8) is 0 Å². The molecule has 2 aromatic carbocycles. The average molecular weight is 381 g/mol. The fraction of sp³-hybridized carbons (Fsp3) is 0.0870. The van der Waals surface area contributed by atoms with Crippen LogP contribution in [-0.2, 0) is 0 Å². The highest BCUT2D eigenvalue weighted by molar-refractivity contribution is 5.96. The van der Waals surface area contributed by atoms with E-state index in [1.807, 2.05) is 42.6 Å². The van der Waals surface area contributed by atoms with Crippen LogP contribution in [0, 0.1) is 6.92 Å². The highest BCUT2D eigenvalue weighted by Crippen LogP contribution is 2.32. The van der Waals surface area contributed by atoms with Crippen LogP contribution in [0.25, 0.3) is 50.7 Å². The molecular weight excluding hydrogens is 362 g/mol. The molecule has 3 heterocycles. The number of hydrogen-bond acceptors (Lipinski definition) is 4. The second-order valence-corrected chi connectivity index (χ2v) is 6.92. The van der Waals surface area contributed by atoms with Gasteiger partial charge in [0.25, 0.3) is 0 Å². The van der Waals surface area contributed by atoms with Crippen molar-refractivity contribution in [3.05, 3.63) is 72.1 Å². The third-order valence-electron chi connectivity index (χ3n) is 5.14. The topological polar surface area (TPSA) is 90.5 Å². The highest BCUT2D eigenvalue weighted by atomic mass is 16.2. The standard InChI is InChI=1S/C23H19N5O/c1-14-16(5-4-10-29)12-24-13-18(14)15-8-9-19-17(11-15)22(28-27-19)23-25-20-6-2-3-7-21(20)26-23/h2-9,11-13,29H,10H2,1H3,(H,25,26)(H,27,28)/b5-4+. The molecule has 5 rings (SSSR count). The van der Waals surface area contributed by atoms with Gasteiger partial charge in [0.2, 0.25) is 0 Å². The number of aliphatic hydroxyl groups excluding tert-OH is 1. The van der Waals surface area contributed by atoms with Crippen LogP contribution in [0.15, 0.2) is 60.9 Å². The van der Waals surface area contributed by atoms with Gasteiger partial charge in [0.1, 0.15) is 5.69 Å². The summed E-state index contributed by atoms with van der Waals surface area (Å²) in [6.07, 6.45) is 7.28. The number of rotatable bonds is 4. The fourth-order valence-corrected chi connectivity index (χ4v) is 3.61. The number of pyridine rings is 1. The maximum atomic E-state index is 9.06. The highest BCUT2D eigenvalue weighted by Gasteiger charge is 2.14. The van der Waals surface area contributed by atoms with E-state index in [0.29, 0.717) is 0 Å². The summed E-state index contributed by atoms with van der Waals surface area (Å²) in [5.74, 6) is 0.740. The molecule has 3 aromatic heterocycles. The summed E-state index contributed by atoms with van der Waals surface area (Å²) in [6, 6.07) is 14.2. The van der Waals surface area contributed by atoms with Gasteiger partial charge in [-0.05, 0) is 47.9 Å². The Bertz CT molecular complexity index is 1330. The first-order valence-corrected chi connectivity index (χ1v) is 9.40. The lowest BCUT2D eigenvalue weighted by Gasteiger charge is -2.09. The van der Waals surface area contributed by atoms with Gasteiger partial charge in [-0.1, -0.05) is 30.4 Å². The molecule has 0 amide bonds. The number of fused-ring (bicyclic) bond motifs is 2. The second kappa shape index (κ2) is 7.00. The Morgan fingerprint density at radius 2 is 1.97 bits per heavy atom. The Morgan fingerprint density at radius 3 is 2.83 bits per heavy atom. The molecule has 29 heavy (non-hydrogen) atoms. The van der Waals surface area contributed by atoms with E-state index in [1.165, 1.54) is 0 Å². The zero-order valence-electron chi connectivity index (χ0n) is 15.8. The zero-order chi connectivity index (χ0) is 19.8. The van der Waals surface area contributed by atoms with Crippen molar-refractivity contribution in [2.24, 2.45) is 0 Å². The Kier molecular flexibility index (Phi) is 4.18. The number of aromatic nitrogens is 5. The molecule has 0 fully saturated rings. The first kappa shape index (κ1) is 17.3. The molecule has 142 valence electrons. The average Bonchev–Trinajstić information content (AvgIpc) is 3.36. The van der Waals surface area contributed by atoms with Gasteiger partial charge >= 0.3 is 0 Å². The molecule has 3 N–H and O–H groups in total. The van der Waals surface area contributed by atoms with E-state index in [4.69, 9.17) is 5.11 Å². The van der Waals surface area contributed by atoms with Crippen LogP contribution in [0.4, 0.5) is 0 Å². The van der Waals surface area contributed by atoms with Crippen LogP contribution < -0.4 is 0 Å². The molecule has 0 bridgehead atoms. The Morgan fingerprint density at radius 1 is 1.07 bits per heavy atom. The number of aliphatic hydroxyl groups is 1. The van der Waals surface area contributed by atoms with Gasteiger partial charge in [-0.2, -0.15) is 5.10 Å². The number of para-hydroxylation sites is 2. The molecule has 0 unspecified atom stereocenters. The largest absolute Gasteiger partial charge is 0.392 e. The van der Waals surface area contributed by atoms with Crippen molar-refractivity contribution >= 4 is 28.0 Å². The van der Waals surface area contributed by atoms with Gasteiger partial charge in [-0.25, -0.2) is 4.98 Å². The van der Waals surface area contributed by atoms with Gasteiger partial charge in [-0.3, -0.25) is 10.1 Å². The summed E-state index contributed by atoms with van der Waals surface area (Å²) in [5, 5.41) is 17.7. The fourth-order valence-electron chi connectivity index (χ4n) is 3.61. The maximum Gasteiger partial charge on any atom is 0.159 e. The quantitative estimate of drug-likeness (QED) is 0.428. The number of nitrogens with zero attached hydrogens (tertiary/aromatic N) is 3. The van der Waals surface area contributed by atoms with Crippen molar-refractivity contribution < 1.29 is 5.11 Å². The van der Waals surface area contributed by atoms with E-state index in [9.17, 15) is 0 Å². The SMILES string of the molecule is Cc1c(/C=C/CO)cncc1-c1ccc2[nH]nc(-c3nc4ccccc4[nH]3)c2c1. The van der Waals surface area contributed by atoms with Crippen LogP contribution >= 0.6 is 0 Å². The van der Waals surface area contributed by atoms with Crippen LogP contribution in [-0.4, -0.2) is 36.9 Å². The molecule has 6 heteroatoms.